The minimum absolute atomic E-state index is 0.0112. The molecule has 0 fully saturated rings. The summed E-state index contributed by atoms with van der Waals surface area (Å²) < 4.78 is 0. The standard InChI is InChI=1S/C9H9ClOS/c1-7(10)9(11)12-8-5-3-2-4-6-8/h2-7H,1H3. The number of halogens is 1. The first-order valence-corrected chi connectivity index (χ1v) is 4.86. The largest absolute Gasteiger partial charge is 0.285 e. The summed E-state index contributed by atoms with van der Waals surface area (Å²) in [5, 5.41) is -0.432. The normalized spacial score (nSPS) is 12.5. The zero-order valence-electron chi connectivity index (χ0n) is 6.66. The first-order chi connectivity index (χ1) is 5.70. The second-order valence-electron chi connectivity index (χ2n) is 2.35. The smallest absolute Gasteiger partial charge is 0.211 e. The Kier molecular flexibility index (Phi) is 3.63. The lowest BCUT2D eigenvalue weighted by atomic mass is 10.4. The summed E-state index contributed by atoms with van der Waals surface area (Å²) in [6.07, 6.45) is 0. The Balaban J connectivity index is 2.59. The molecule has 3 heteroatoms. The lowest BCUT2D eigenvalue weighted by molar-refractivity contribution is -0.110. The highest BCUT2D eigenvalue weighted by Crippen LogP contribution is 2.20. The maximum absolute atomic E-state index is 11.1. The van der Waals surface area contributed by atoms with Crippen LogP contribution < -0.4 is 0 Å². The summed E-state index contributed by atoms with van der Waals surface area (Å²) in [5.74, 6) is 0. The van der Waals surface area contributed by atoms with E-state index in [1.54, 1.807) is 6.92 Å². The Morgan fingerprint density at radius 2 is 2.00 bits per heavy atom. The molecule has 1 atom stereocenters. The van der Waals surface area contributed by atoms with Crippen LogP contribution in [0.25, 0.3) is 0 Å². The van der Waals surface area contributed by atoms with E-state index in [0.29, 0.717) is 0 Å². The van der Waals surface area contributed by atoms with Gasteiger partial charge < -0.3 is 0 Å². The van der Waals surface area contributed by atoms with Gasteiger partial charge in [-0.15, -0.1) is 11.6 Å². The van der Waals surface area contributed by atoms with Crippen molar-refractivity contribution >= 4 is 28.5 Å². The molecule has 1 aromatic carbocycles. The molecule has 0 radical (unpaired) electrons. The molecule has 0 amide bonds. The molecule has 0 aromatic heterocycles. The Hall–Kier alpha value is -0.470. The first-order valence-electron chi connectivity index (χ1n) is 3.61. The Bertz CT molecular complexity index is 258. The van der Waals surface area contributed by atoms with Gasteiger partial charge in [0, 0.05) is 4.90 Å². The Labute approximate surface area is 81.1 Å². The van der Waals surface area contributed by atoms with E-state index in [4.69, 9.17) is 11.6 Å². The minimum Gasteiger partial charge on any atom is -0.285 e. The third-order valence-corrected chi connectivity index (χ3v) is 2.68. The van der Waals surface area contributed by atoms with Gasteiger partial charge in [0.05, 0.1) is 5.38 Å². The SMILES string of the molecule is CC(Cl)C(=O)Sc1ccccc1. The van der Waals surface area contributed by atoms with Crippen molar-refractivity contribution in [2.75, 3.05) is 0 Å². The van der Waals surface area contributed by atoms with E-state index in [1.807, 2.05) is 30.3 Å². The van der Waals surface area contributed by atoms with Gasteiger partial charge in [-0.05, 0) is 19.1 Å². The molecule has 0 heterocycles. The Morgan fingerprint density at radius 1 is 1.42 bits per heavy atom. The molecule has 1 unspecified atom stereocenters. The lowest BCUT2D eigenvalue weighted by Crippen LogP contribution is -2.04. The molecule has 0 aliphatic carbocycles. The molecule has 0 saturated carbocycles. The molecule has 1 nitrogen and oxygen atoms in total. The van der Waals surface area contributed by atoms with Crippen LogP contribution in [0.1, 0.15) is 6.92 Å². The molecule has 12 heavy (non-hydrogen) atoms. The molecule has 0 bridgehead atoms. The average molecular weight is 201 g/mol. The predicted molar refractivity (Wildman–Crippen MR) is 52.6 cm³/mol. The fourth-order valence-corrected chi connectivity index (χ4v) is 1.51. The van der Waals surface area contributed by atoms with Crippen molar-refractivity contribution in [2.24, 2.45) is 0 Å². The van der Waals surface area contributed by atoms with Gasteiger partial charge in [0.15, 0.2) is 0 Å². The number of rotatable bonds is 2. The van der Waals surface area contributed by atoms with Gasteiger partial charge in [0.2, 0.25) is 5.12 Å². The van der Waals surface area contributed by atoms with E-state index < -0.39 is 5.38 Å². The van der Waals surface area contributed by atoms with Gasteiger partial charge in [-0.1, -0.05) is 30.0 Å². The fourth-order valence-electron chi connectivity index (χ4n) is 0.686. The van der Waals surface area contributed by atoms with E-state index in [0.717, 1.165) is 4.90 Å². The highest BCUT2D eigenvalue weighted by atomic mass is 35.5. The van der Waals surface area contributed by atoms with Crippen LogP contribution in [0.4, 0.5) is 0 Å². The van der Waals surface area contributed by atoms with Crippen LogP contribution >= 0.6 is 23.4 Å². The van der Waals surface area contributed by atoms with Crippen LogP contribution in [0, 0.1) is 0 Å². The third kappa shape index (κ3) is 2.88. The summed E-state index contributed by atoms with van der Waals surface area (Å²) in [7, 11) is 0. The van der Waals surface area contributed by atoms with Crippen LogP contribution in [-0.4, -0.2) is 10.5 Å². The second kappa shape index (κ2) is 4.53. The summed E-state index contributed by atoms with van der Waals surface area (Å²) >= 11 is 6.79. The number of hydrogen-bond acceptors (Lipinski definition) is 2. The predicted octanol–water partition coefficient (Wildman–Crippen LogP) is 2.93. The maximum Gasteiger partial charge on any atom is 0.211 e. The van der Waals surface area contributed by atoms with Gasteiger partial charge in [-0.25, -0.2) is 0 Å². The molecular weight excluding hydrogens is 192 g/mol. The van der Waals surface area contributed by atoms with E-state index in [-0.39, 0.29) is 5.12 Å². The van der Waals surface area contributed by atoms with Crippen LogP contribution in [0.3, 0.4) is 0 Å². The van der Waals surface area contributed by atoms with Crippen molar-refractivity contribution in [3.63, 3.8) is 0 Å². The van der Waals surface area contributed by atoms with Crippen LogP contribution in [0.5, 0.6) is 0 Å². The summed E-state index contributed by atoms with van der Waals surface area (Å²) in [6, 6.07) is 9.49. The topological polar surface area (TPSA) is 17.1 Å². The quantitative estimate of drug-likeness (QED) is 0.540. The molecule has 0 aliphatic heterocycles. The molecule has 1 aromatic rings. The molecule has 0 saturated heterocycles. The molecule has 0 spiro atoms. The van der Waals surface area contributed by atoms with E-state index in [1.165, 1.54) is 11.8 Å². The van der Waals surface area contributed by atoms with Crippen molar-refractivity contribution in [3.8, 4) is 0 Å². The number of thioether (sulfide) groups is 1. The monoisotopic (exact) mass is 200 g/mol. The van der Waals surface area contributed by atoms with Gasteiger partial charge in [-0.2, -0.15) is 0 Å². The zero-order valence-corrected chi connectivity index (χ0v) is 8.23. The van der Waals surface area contributed by atoms with E-state index >= 15 is 0 Å². The zero-order chi connectivity index (χ0) is 8.97. The number of carbonyl (C=O) groups excluding carboxylic acids is 1. The number of benzene rings is 1. The van der Waals surface area contributed by atoms with Crippen LogP contribution in [0.2, 0.25) is 0 Å². The molecular formula is C9H9ClOS. The van der Waals surface area contributed by atoms with Crippen LogP contribution in [0.15, 0.2) is 35.2 Å². The Morgan fingerprint density at radius 3 is 2.50 bits per heavy atom. The second-order valence-corrected chi connectivity index (χ2v) is 4.08. The van der Waals surface area contributed by atoms with Crippen molar-refractivity contribution in [1.29, 1.82) is 0 Å². The van der Waals surface area contributed by atoms with Gasteiger partial charge in [-0.3, -0.25) is 4.79 Å². The van der Waals surface area contributed by atoms with E-state index in [2.05, 4.69) is 0 Å². The fraction of sp³-hybridized carbons (Fsp3) is 0.222. The number of carbonyl (C=O) groups is 1. The van der Waals surface area contributed by atoms with Gasteiger partial charge >= 0.3 is 0 Å². The summed E-state index contributed by atoms with van der Waals surface area (Å²) in [4.78, 5) is 12.1. The highest BCUT2D eigenvalue weighted by Gasteiger charge is 2.10. The van der Waals surface area contributed by atoms with Crippen molar-refractivity contribution in [2.45, 2.75) is 17.2 Å². The molecule has 64 valence electrons. The third-order valence-electron chi connectivity index (χ3n) is 1.29. The first kappa shape index (κ1) is 9.62. The van der Waals surface area contributed by atoms with Crippen molar-refractivity contribution < 1.29 is 4.79 Å². The molecule has 1 rings (SSSR count). The summed E-state index contributed by atoms with van der Waals surface area (Å²) in [6.45, 7) is 1.68. The van der Waals surface area contributed by atoms with Gasteiger partial charge in [0.1, 0.15) is 0 Å². The molecule has 0 aliphatic rings. The van der Waals surface area contributed by atoms with Crippen LogP contribution in [-0.2, 0) is 4.79 Å². The highest BCUT2D eigenvalue weighted by molar-refractivity contribution is 8.13. The van der Waals surface area contributed by atoms with Crippen molar-refractivity contribution in [1.82, 2.24) is 0 Å². The van der Waals surface area contributed by atoms with Gasteiger partial charge in [0.25, 0.3) is 0 Å². The van der Waals surface area contributed by atoms with Crippen molar-refractivity contribution in [3.05, 3.63) is 30.3 Å². The molecule has 0 N–H and O–H groups in total. The summed E-state index contributed by atoms with van der Waals surface area (Å²) in [5.41, 5.74) is 0. The number of alkyl halides is 1. The number of hydrogen-bond donors (Lipinski definition) is 0. The van der Waals surface area contributed by atoms with E-state index in [9.17, 15) is 4.79 Å². The lowest BCUT2D eigenvalue weighted by Gasteiger charge is -2.00. The minimum atomic E-state index is -0.421. The average Bonchev–Trinajstić information content (AvgIpc) is 2.06. The maximum atomic E-state index is 11.1.